The molecule has 0 bridgehead atoms. The van der Waals surface area contributed by atoms with Gasteiger partial charge in [-0.15, -0.1) is 0 Å². The van der Waals surface area contributed by atoms with Crippen LogP contribution in [0, 0.1) is 5.41 Å². The van der Waals surface area contributed by atoms with Crippen molar-refractivity contribution in [3.05, 3.63) is 203 Å². The highest BCUT2D eigenvalue weighted by Gasteiger charge is 2.46. The zero-order valence-electron chi connectivity index (χ0n) is 38.5. The van der Waals surface area contributed by atoms with E-state index in [4.69, 9.17) is 27.1 Å². The summed E-state index contributed by atoms with van der Waals surface area (Å²) < 4.78 is 39.0. The van der Waals surface area contributed by atoms with Gasteiger partial charge in [0.15, 0.2) is 0 Å². The van der Waals surface area contributed by atoms with Crippen molar-refractivity contribution in [3.8, 4) is 11.5 Å². The SMILES string of the molecule is C=C/C=C(\C=C/C)C(C)(C)c1cc(C(C)(C)Cc2ccccc2)ccc1OP1OCC2(CO1)COP(Oc1ccc(C(C)(C)c3ccccc3)cc1C(C)(C)c1ccccc1)OC2. The van der Waals surface area contributed by atoms with Gasteiger partial charge in [0.2, 0.25) is 0 Å². The molecule has 0 aliphatic carbocycles. The lowest BCUT2D eigenvalue weighted by Crippen LogP contribution is -2.45. The van der Waals surface area contributed by atoms with E-state index in [1.807, 2.05) is 13.0 Å². The van der Waals surface area contributed by atoms with Crippen LogP contribution in [0.5, 0.6) is 11.5 Å². The third-order valence-corrected chi connectivity index (χ3v) is 15.0. The minimum absolute atomic E-state index is 0.129. The summed E-state index contributed by atoms with van der Waals surface area (Å²) in [5, 5.41) is 0. The molecule has 2 heterocycles. The van der Waals surface area contributed by atoms with E-state index in [1.165, 1.54) is 27.8 Å². The first kappa shape index (κ1) is 46.6. The second-order valence-corrected chi connectivity index (χ2v) is 21.4. The summed E-state index contributed by atoms with van der Waals surface area (Å²) >= 11 is 0. The first-order valence-electron chi connectivity index (χ1n) is 22.0. The van der Waals surface area contributed by atoms with E-state index in [2.05, 4.69) is 208 Å². The van der Waals surface area contributed by atoms with Gasteiger partial charge < -0.3 is 27.1 Å². The molecular weight excluding hydrogens is 819 g/mol. The minimum atomic E-state index is -1.69. The summed E-state index contributed by atoms with van der Waals surface area (Å²) in [6, 6.07) is 45.0. The van der Waals surface area contributed by atoms with Crippen LogP contribution in [0.4, 0.5) is 0 Å². The highest BCUT2D eigenvalue weighted by atomic mass is 31.2. The lowest BCUT2D eigenvalue weighted by atomic mass is 9.73. The molecule has 7 rings (SSSR count). The van der Waals surface area contributed by atoms with Crippen molar-refractivity contribution in [2.45, 2.75) is 90.4 Å². The van der Waals surface area contributed by atoms with Gasteiger partial charge in [0.1, 0.15) is 11.5 Å². The van der Waals surface area contributed by atoms with E-state index in [0.717, 1.165) is 34.6 Å². The summed E-state index contributed by atoms with van der Waals surface area (Å²) in [6.07, 6.45) is 9.03. The predicted octanol–water partition coefficient (Wildman–Crippen LogP) is 14.8. The van der Waals surface area contributed by atoms with Crippen molar-refractivity contribution < 1.29 is 27.1 Å². The standard InChI is InChI=1S/C55H64O6P2/c1-11-22-42(23-12-2)53(7,8)47-34-45(51(3,4)36-41-24-16-13-17-25-41)30-32-49(47)60-62-56-37-55(38-57-62)39-58-63(59-40-55)61-50-33-31-46(52(5,6)43-26-18-14-19-27-43)35-48(50)54(9,10)44-28-20-15-21-29-44/h11-35H,1,36-40H2,2-10H3/b23-12-,42-22+. The summed E-state index contributed by atoms with van der Waals surface area (Å²) in [7, 11) is -3.37. The Kier molecular flexibility index (Phi) is 14.3. The largest absolute Gasteiger partial charge is 0.426 e. The molecule has 0 amide bonds. The van der Waals surface area contributed by atoms with E-state index >= 15 is 0 Å². The zero-order valence-corrected chi connectivity index (χ0v) is 40.3. The number of hydrogen-bond acceptors (Lipinski definition) is 6. The molecule has 0 unspecified atom stereocenters. The molecule has 5 aromatic carbocycles. The van der Waals surface area contributed by atoms with Crippen LogP contribution in [-0.2, 0) is 46.2 Å². The molecule has 2 fully saturated rings. The van der Waals surface area contributed by atoms with Crippen LogP contribution in [0.2, 0.25) is 0 Å². The van der Waals surface area contributed by atoms with Gasteiger partial charge in [-0.25, -0.2) is 0 Å². The van der Waals surface area contributed by atoms with Crippen LogP contribution in [0.1, 0.15) is 101 Å². The molecular formula is C55H64O6P2. The van der Waals surface area contributed by atoms with Gasteiger partial charge in [-0.05, 0) is 64.3 Å². The van der Waals surface area contributed by atoms with Crippen LogP contribution < -0.4 is 9.05 Å². The van der Waals surface area contributed by atoms with Gasteiger partial charge in [-0.3, -0.25) is 0 Å². The highest BCUT2D eigenvalue weighted by Crippen LogP contribution is 2.55. The molecule has 2 aliphatic heterocycles. The average molecular weight is 883 g/mol. The van der Waals surface area contributed by atoms with E-state index in [-0.39, 0.29) is 16.2 Å². The van der Waals surface area contributed by atoms with Gasteiger partial charge in [-0.1, -0.05) is 202 Å². The fraction of sp³-hybridized carbons (Fsp3) is 0.345. The maximum atomic E-state index is 6.68. The van der Waals surface area contributed by atoms with Crippen molar-refractivity contribution in [1.82, 2.24) is 0 Å². The summed E-state index contributed by atoms with van der Waals surface area (Å²) in [4.78, 5) is 0. The first-order chi connectivity index (χ1) is 30.1. The summed E-state index contributed by atoms with van der Waals surface area (Å²) in [6.45, 7) is 25.6. The molecule has 63 heavy (non-hydrogen) atoms. The van der Waals surface area contributed by atoms with Crippen molar-refractivity contribution in [1.29, 1.82) is 0 Å². The Morgan fingerprint density at radius 1 is 0.587 bits per heavy atom. The Bertz CT molecular complexity index is 2370. The molecule has 8 heteroatoms. The number of benzene rings is 5. The highest BCUT2D eigenvalue weighted by molar-refractivity contribution is 7.42. The second kappa shape index (κ2) is 19.4. The van der Waals surface area contributed by atoms with E-state index in [0.29, 0.717) is 26.4 Å². The van der Waals surface area contributed by atoms with Gasteiger partial charge >= 0.3 is 17.2 Å². The topological polar surface area (TPSA) is 55.4 Å². The smallest absolute Gasteiger partial charge is 0.397 e. The molecule has 5 aromatic rings. The Balaban J connectivity index is 1.06. The van der Waals surface area contributed by atoms with E-state index < -0.39 is 28.0 Å². The van der Waals surface area contributed by atoms with Gasteiger partial charge in [-0.2, -0.15) is 0 Å². The normalized spacial score (nSPS) is 20.2. The molecule has 2 saturated heterocycles. The summed E-state index contributed by atoms with van der Waals surface area (Å²) in [5.41, 5.74) is 7.82. The Morgan fingerprint density at radius 3 is 1.56 bits per heavy atom. The van der Waals surface area contributed by atoms with Crippen LogP contribution in [0.15, 0.2) is 164 Å². The van der Waals surface area contributed by atoms with Crippen LogP contribution >= 0.6 is 17.2 Å². The van der Waals surface area contributed by atoms with E-state index in [1.54, 1.807) is 0 Å². The molecule has 0 radical (unpaired) electrons. The average Bonchev–Trinajstić information content (AvgIpc) is 3.29. The fourth-order valence-electron chi connectivity index (χ4n) is 8.53. The molecule has 0 N–H and O–H groups in total. The van der Waals surface area contributed by atoms with Crippen LogP contribution in [-0.4, -0.2) is 26.4 Å². The lowest BCUT2D eigenvalue weighted by molar-refractivity contribution is -0.0673. The Hall–Kier alpha value is -4.38. The van der Waals surface area contributed by atoms with Crippen molar-refractivity contribution >= 4 is 17.2 Å². The van der Waals surface area contributed by atoms with Crippen molar-refractivity contribution in [3.63, 3.8) is 0 Å². The number of allylic oxidation sites excluding steroid dienone is 5. The number of rotatable bonds is 15. The van der Waals surface area contributed by atoms with Crippen LogP contribution in [0.3, 0.4) is 0 Å². The maximum Gasteiger partial charge on any atom is 0.397 e. The van der Waals surface area contributed by atoms with Gasteiger partial charge in [0.05, 0.1) is 31.8 Å². The third-order valence-electron chi connectivity index (χ3n) is 12.9. The molecule has 2 aliphatic rings. The van der Waals surface area contributed by atoms with Crippen molar-refractivity contribution in [2.75, 3.05) is 26.4 Å². The quantitative estimate of drug-likeness (QED) is 0.0771. The fourth-order valence-corrected chi connectivity index (χ4v) is 11.0. The summed E-state index contributed by atoms with van der Waals surface area (Å²) in [5.74, 6) is 1.49. The third kappa shape index (κ3) is 10.4. The van der Waals surface area contributed by atoms with E-state index in [9.17, 15) is 0 Å². The molecule has 0 atom stereocenters. The maximum absolute atomic E-state index is 6.68. The zero-order chi connectivity index (χ0) is 44.9. The van der Waals surface area contributed by atoms with Crippen LogP contribution in [0.25, 0.3) is 0 Å². The Morgan fingerprint density at radius 2 is 1.05 bits per heavy atom. The Labute approximate surface area is 379 Å². The van der Waals surface area contributed by atoms with Gasteiger partial charge in [0, 0.05) is 27.4 Å². The predicted molar refractivity (Wildman–Crippen MR) is 261 cm³/mol. The molecule has 1 spiro atoms. The monoisotopic (exact) mass is 882 g/mol. The first-order valence-corrected chi connectivity index (χ1v) is 24.2. The van der Waals surface area contributed by atoms with Crippen molar-refractivity contribution in [2.24, 2.45) is 5.41 Å². The molecule has 0 saturated carbocycles. The lowest BCUT2D eigenvalue weighted by Gasteiger charge is -2.42. The molecule has 330 valence electrons. The number of hydrogen-bond donors (Lipinski definition) is 0. The van der Waals surface area contributed by atoms with Gasteiger partial charge in [0.25, 0.3) is 0 Å². The minimum Gasteiger partial charge on any atom is -0.426 e. The molecule has 6 nitrogen and oxygen atoms in total. The second-order valence-electron chi connectivity index (χ2n) is 19.2. The molecule has 0 aromatic heterocycles.